The van der Waals surface area contributed by atoms with E-state index in [1.807, 2.05) is 6.11 Å². The van der Waals surface area contributed by atoms with Gasteiger partial charge in [0.25, 0.3) is 0 Å². The summed E-state index contributed by atoms with van der Waals surface area (Å²) in [6.45, 7) is 0. The lowest BCUT2D eigenvalue weighted by Gasteiger charge is -2.11. The number of halogens is 1. The van der Waals surface area contributed by atoms with Crippen LogP contribution in [0.4, 0.5) is 27.8 Å². The van der Waals surface area contributed by atoms with Crippen LogP contribution in [0.15, 0.2) is 73.7 Å². The number of anilines is 2. The molecular formula is C22H13ClN6O11S4. The maximum Gasteiger partial charge on any atom is 0.433 e. The molecule has 0 spiro atoms. The van der Waals surface area contributed by atoms with Crippen molar-refractivity contribution in [3.8, 4) is 17.1 Å². The molecule has 0 radical (unpaired) electrons. The number of nitrogens with one attached hydrogen (secondary N) is 1. The van der Waals surface area contributed by atoms with Crippen molar-refractivity contribution >= 4 is 96.7 Å². The number of fused-ring (bicyclic) bond motifs is 1. The minimum atomic E-state index is -4.78. The van der Waals surface area contributed by atoms with Crippen LogP contribution >= 0.6 is 47.2 Å². The van der Waals surface area contributed by atoms with E-state index >= 15 is 0 Å². The number of carboxylic acid groups (broad SMARTS) is 1. The molecular weight excluding hydrogens is 688 g/mol. The fraction of sp³-hybridized carbons (Fsp3) is 0. The number of benzene rings is 3. The van der Waals surface area contributed by atoms with E-state index in [2.05, 4.69) is 54.3 Å². The summed E-state index contributed by atoms with van der Waals surface area (Å²) in [6, 6.07) is 12.7. The lowest BCUT2D eigenvalue weighted by atomic mass is 10.1. The second kappa shape index (κ2) is 15.2. The van der Waals surface area contributed by atoms with E-state index in [1.165, 1.54) is 0 Å². The predicted octanol–water partition coefficient (Wildman–Crippen LogP) is 6.50. The number of phenols is 1. The summed E-state index contributed by atoms with van der Waals surface area (Å²) in [5.41, 5.74) is 0.800. The first kappa shape index (κ1) is 33.0. The zero-order chi connectivity index (χ0) is 31.7. The average molecular weight is 701 g/mol. The molecule has 0 unspecified atom stereocenters. The Balaban J connectivity index is 1.56. The van der Waals surface area contributed by atoms with Gasteiger partial charge in [-0.1, -0.05) is 5.04 Å². The highest BCUT2D eigenvalue weighted by atomic mass is 35.5. The van der Waals surface area contributed by atoms with E-state index in [1.54, 1.807) is 48.5 Å². The molecule has 4 aromatic rings. The molecule has 17 nitrogen and oxygen atoms in total. The van der Waals surface area contributed by atoms with Crippen molar-refractivity contribution in [3.63, 3.8) is 0 Å². The molecule has 0 amide bonds. The first-order chi connectivity index (χ1) is 21.0. The summed E-state index contributed by atoms with van der Waals surface area (Å²) in [4.78, 5) is 27.5. The van der Waals surface area contributed by atoms with Crippen LogP contribution < -0.4 is 5.32 Å². The molecule has 44 heavy (non-hydrogen) atoms. The van der Waals surface area contributed by atoms with Crippen molar-refractivity contribution in [2.75, 3.05) is 5.32 Å². The lowest BCUT2D eigenvalue weighted by molar-refractivity contribution is -0.432. The lowest BCUT2D eigenvalue weighted by Crippen LogP contribution is -2.01. The van der Waals surface area contributed by atoms with Crippen LogP contribution in [0.1, 0.15) is 0 Å². The van der Waals surface area contributed by atoms with Crippen molar-refractivity contribution in [2.45, 2.75) is 14.9 Å². The number of carbonyl (C=O) groups is 1. The summed E-state index contributed by atoms with van der Waals surface area (Å²) in [5.74, 6) is -0.301. The van der Waals surface area contributed by atoms with E-state index in [-0.39, 0.29) is 32.7 Å². The van der Waals surface area contributed by atoms with Gasteiger partial charge in [0.1, 0.15) is 5.69 Å². The summed E-state index contributed by atoms with van der Waals surface area (Å²) in [6.07, 6.45) is 1.92. The molecule has 228 valence electrons. The minimum Gasteiger partial charge on any atom is -0.505 e. The van der Waals surface area contributed by atoms with Gasteiger partial charge >= 0.3 is 15.7 Å². The zero-order valence-corrected chi connectivity index (χ0v) is 25.0. The molecule has 0 aliphatic rings. The van der Waals surface area contributed by atoms with Crippen molar-refractivity contribution in [1.82, 2.24) is 15.0 Å². The smallest absolute Gasteiger partial charge is 0.433 e. The van der Waals surface area contributed by atoms with Crippen LogP contribution in [-0.4, -0.2) is 48.7 Å². The minimum absolute atomic E-state index is 0.0138. The Kier molecular flexibility index (Phi) is 11.4. The molecule has 0 bridgehead atoms. The Morgan fingerprint density at radius 1 is 1.07 bits per heavy atom. The van der Waals surface area contributed by atoms with Crippen LogP contribution in [-0.2, 0) is 29.0 Å². The van der Waals surface area contributed by atoms with Gasteiger partial charge in [0.2, 0.25) is 16.4 Å². The molecule has 0 atom stereocenters. The number of aromatic nitrogens is 3. The molecule has 3 aromatic carbocycles. The molecule has 22 heteroatoms. The monoisotopic (exact) mass is 700 g/mol. The zero-order valence-electron chi connectivity index (χ0n) is 21.0. The van der Waals surface area contributed by atoms with E-state index in [0.29, 0.717) is 50.8 Å². The second-order valence-electron chi connectivity index (χ2n) is 7.52. The van der Waals surface area contributed by atoms with Gasteiger partial charge in [0, 0.05) is 33.0 Å². The van der Waals surface area contributed by atoms with Gasteiger partial charge < -0.3 is 15.5 Å². The molecule has 0 saturated heterocycles. The highest BCUT2D eigenvalue weighted by Crippen LogP contribution is 2.44. The molecule has 0 aliphatic heterocycles. The van der Waals surface area contributed by atoms with Crippen molar-refractivity contribution in [3.05, 3.63) is 53.8 Å². The molecule has 1 heterocycles. The maximum atomic E-state index is 11.0. The van der Waals surface area contributed by atoms with Gasteiger partial charge in [-0.2, -0.15) is 28.5 Å². The molecule has 1 aromatic heterocycles. The number of rotatable bonds is 11. The van der Waals surface area contributed by atoms with Crippen molar-refractivity contribution in [1.29, 1.82) is 0 Å². The maximum absolute atomic E-state index is 11.0. The molecule has 0 aliphatic carbocycles. The van der Waals surface area contributed by atoms with E-state index in [0.717, 1.165) is 11.8 Å². The molecule has 0 saturated carbocycles. The summed E-state index contributed by atoms with van der Waals surface area (Å²) < 4.78 is 37.3. The summed E-state index contributed by atoms with van der Waals surface area (Å²) in [7, 11) is -4.78. The van der Waals surface area contributed by atoms with Gasteiger partial charge in [-0.05, 0) is 81.6 Å². The Labute approximate surface area is 263 Å². The van der Waals surface area contributed by atoms with Gasteiger partial charge in [0.15, 0.2) is 11.9 Å². The normalized spacial score (nSPS) is 11.3. The van der Waals surface area contributed by atoms with Gasteiger partial charge in [-0.15, -0.1) is 9.45 Å². The third kappa shape index (κ3) is 9.79. The van der Waals surface area contributed by atoms with Gasteiger partial charge in [-0.25, -0.2) is 10.1 Å². The third-order valence-electron chi connectivity index (χ3n) is 4.70. The summed E-state index contributed by atoms with van der Waals surface area (Å²) >= 11 is 7.72. The highest BCUT2D eigenvalue weighted by molar-refractivity contribution is 8.13. The predicted molar refractivity (Wildman–Crippen MR) is 156 cm³/mol. The number of azo groups is 1. The number of aromatic hydroxyl groups is 1. The standard InChI is InChI=1S/C22H13ClN6O11S4/c23-19-25-20(27-21(26-19)42-22(31)32)24-13-3-6-15-11(9-13)10-16(43-39-38-33)17(18(15)30)29-28-12-1-4-14(5-2-12)41-8-7-37-40-44(34,35)36/h1-6,9-10,30,33H,(H,31,32)(H,34,35,36)(H,24,25,26,27). The SMILES string of the molecule is O=C(O)Sc1nc(Cl)nc(Nc2ccc3c(O)c(N=Nc4ccc(SC#COOS(=O)(=O)O)cc4)c(SOOO)cc3c2)n1. The second-order valence-corrected chi connectivity index (χ2v) is 11.4. The van der Waals surface area contributed by atoms with E-state index in [4.69, 9.17) is 26.5 Å². The molecule has 0 fully saturated rings. The van der Waals surface area contributed by atoms with Crippen LogP contribution in [0.25, 0.3) is 10.8 Å². The average Bonchev–Trinajstić information content (AvgIpc) is 2.95. The Bertz CT molecular complexity index is 1890. The molecule has 5 N–H and O–H groups in total. The van der Waals surface area contributed by atoms with Crippen LogP contribution in [0.3, 0.4) is 0 Å². The third-order valence-corrected chi connectivity index (χ3v) is 6.96. The van der Waals surface area contributed by atoms with E-state index < -0.39 is 15.7 Å². The number of hydrogen-bond donors (Lipinski definition) is 5. The Hall–Kier alpha value is -3.95. The van der Waals surface area contributed by atoms with Gasteiger partial charge in [0.05, 0.1) is 22.6 Å². The van der Waals surface area contributed by atoms with Crippen LogP contribution in [0, 0.1) is 11.4 Å². The fourth-order valence-electron chi connectivity index (χ4n) is 3.13. The summed E-state index contributed by atoms with van der Waals surface area (Å²) in [5, 5.41) is 45.1. The van der Waals surface area contributed by atoms with Crippen LogP contribution in [0.5, 0.6) is 5.75 Å². The van der Waals surface area contributed by atoms with Crippen molar-refractivity contribution in [2.24, 2.45) is 10.2 Å². The van der Waals surface area contributed by atoms with E-state index in [9.17, 15) is 18.3 Å². The number of hydrogen-bond acceptors (Lipinski definition) is 18. The van der Waals surface area contributed by atoms with Crippen LogP contribution in [0.2, 0.25) is 5.28 Å². The topological polar surface area (TPSA) is 244 Å². The highest BCUT2D eigenvalue weighted by Gasteiger charge is 2.16. The number of thioether (sulfide) groups is 2. The fourth-order valence-corrected chi connectivity index (χ4v) is 4.84. The Morgan fingerprint density at radius 3 is 2.55 bits per heavy atom. The van der Waals surface area contributed by atoms with Crippen molar-refractivity contribution < 1.29 is 51.8 Å². The first-order valence-corrected chi connectivity index (χ1v) is 15.2. The Morgan fingerprint density at radius 2 is 1.84 bits per heavy atom. The first-order valence-electron chi connectivity index (χ1n) is 11.1. The number of phenolic OH excluding ortho intramolecular Hbond substituents is 1. The quantitative estimate of drug-likeness (QED) is 0.0213. The largest absolute Gasteiger partial charge is 0.505 e. The van der Waals surface area contributed by atoms with Gasteiger partial charge in [-0.3, -0.25) is 9.44 Å². The molecule has 4 rings (SSSR count). The number of nitrogens with zero attached hydrogens (tertiary/aromatic N) is 5.